The zero-order valence-electron chi connectivity index (χ0n) is 10.4. The lowest BCUT2D eigenvalue weighted by molar-refractivity contribution is -0.0522. The normalized spacial score (nSPS) is 31.5. The number of likely N-dealkylation sites (tertiary alicyclic amines) is 1. The van der Waals surface area contributed by atoms with E-state index < -0.39 is 0 Å². The Morgan fingerprint density at radius 1 is 1.47 bits per heavy atom. The highest BCUT2D eigenvalue weighted by Gasteiger charge is 2.42. The molecule has 3 nitrogen and oxygen atoms in total. The average Bonchev–Trinajstić information content (AvgIpc) is 2.14. The number of nitriles is 1. The summed E-state index contributed by atoms with van der Waals surface area (Å²) in [6, 6.07) is 2.84. The van der Waals surface area contributed by atoms with E-state index in [0.29, 0.717) is 6.04 Å². The summed E-state index contributed by atoms with van der Waals surface area (Å²) in [5.74, 6) is 0. The largest absolute Gasteiger partial charge is 0.380 e. The van der Waals surface area contributed by atoms with E-state index in [0.717, 1.165) is 13.0 Å². The van der Waals surface area contributed by atoms with Gasteiger partial charge in [-0.15, -0.1) is 0 Å². The Bertz CT molecular complexity index is 255. The minimum absolute atomic E-state index is 0.00361. The summed E-state index contributed by atoms with van der Waals surface area (Å²) in [6.45, 7) is 9.45. The lowest BCUT2D eigenvalue weighted by Crippen LogP contribution is -2.56. The Morgan fingerprint density at radius 2 is 2.07 bits per heavy atom. The maximum absolute atomic E-state index is 9.27. The van der Waals surface area contributed by atoms with Gasteiger partial charge in [-0.2, -0.15) is 5.26 Å². The number of piperidine rings is 1. The fraction of sp³-hybridized carbons (Fsp3) is 0.917. The summed E-state index contributed by atoms with van der Waals surface area (Å²) in [4.78, 5) is 2.25. The van der Waals surface area contributed by atoms with Gasteiger partial charge in [-0.3, -0.25) is 4.90 Å². The number of nitrogens with zero attached hydrogens (tertiary/aromatic N) is 2. The summed E-state index contributed by atoms with van der Waals surface area (Å²) in [6.07, 6.45) is 1.22. The number of rotatable bonds is 2. The number of ether oxygens (including phenoxy) is 1. The van der Waals surface area contributed by atoms with Gasteiger partial charge in [-0.25, -0.2) is 0 Å². The third-order valence-electron chi connectivity index (χ3n) is 3.36. The molecule has 3 heteroatoms. The second kappa shape index (κ2) is 4.51. The van der Waals surface area contributed by atoms with Crippen molar-refractivity contribution in [1.82, 2.24) is 4.90 Å². The molecule has 0 radical (unpaired) electrons. The van der Waals surface area contributed by atoms with Gasteiger partial charge < -0.3 is 4.74 Å². The molecule has 0 amide bonds. The van der Waals surface area contributed by atoms with Crippen molar-refractivity contribution < 1.29 is 4.74 Å². The molecule has 0 aromatic rings. The highest BCUT2D eigenvalue weighted by molar-refractivity contribution is 5.06. The van der Waals surface area contributed by atoms with Gasteiger partial charge >= 0.3 is 0 Å². The molecular formula is C12H22N2O. The first-order valence-corrected chi connectivity index (χ1v) is 5.60. The van der Waals surface area contributed by atoms with E-state index in [2.05, 4.69) is 38.7 Å². The first-order chi connectivity index (χ1) is 6.92. The zero-order valence-corrected chi connectivity index (χ0v) is 10.4. The zero-order chi connectivity index (χ0) is 11.6. The highest BCUT2D eigenvalue weighted by Crippen LogP contribution is 2.36. The van der Waals surface area contributed by atoms with Crippen LogP contribution in [0, 0.1) is 16.7 Å². The molecule has 86 valence electrons. The summed E-state index contributed by atoms with van der Waals surface area (Å²) in [5.41, 5.74) is 0.0119. The van der Waals surface area contributed by atoms with Gasteiger partial charge in [0, 0.05) is 19.7 Å². The molecule has 0 aromatic heterocycles. The van der Waals surface area contributed by atoms with Crippen molar-refractivity contribution in [3.8, 4) is 6.07 Å². The van der Waals surface area contributed by atoms with Gasteiger partial charge in [0.25, 0.3) is 0 Å². The van der Waals surface area contributed by atoms with E-state index in [1.165, 1.54) is 0 Å². The van der Waals surface area contributed by atoms with Crippen molar-refractivity contribution in [1.29, 1.82) is 5.26 Å². The molecule has 1 saturated heterocycles. The van der Waals surface area contributed by atoms with Gasteiger partial charge in [0.1, 0.15) is 6.04 Å². The SMILES string of the molecule is CO[C@@H]1CN(C(C)C)[C@@H](C#N)C(C)(C)C1. The van der Waals surface area contributed by atoms with Crippen LogP contribution < -0.4 is 0 Å². The van der Waals surface area contributed by atoms with Crippen LogP contribution in [0.2, 0.25) is 0 Å². The summed E-state index contributed by atoms with van der Waals surface area (Å²) >= 11 is 0. The fourth-order valence-corrected chi connectivity index (χ4v) is 2.47. The van der Waals surface area contributed by atoms with Crippen molar-refractivity contribution in [3.63, 3.8) is 0 Å². The third-order valence-corrected chi connectivity index (χ3v) is 3.36. The second-order valence-electron chi connectivity index (χ2n) is 5.37. The Hall–Kier alpha value is -0.590. The fourth-order valence-electron chi connectivity index (χ4n) is 2.47. The second-order valence-corrected chi connectivity index (χ2v) is 5.37. The van der Waals surface area contributed by atoms with Crippen LogP contribution in [0.15, 0.2) is 0 Å². The Kier molecular flexibility index (Phi) is 3.75. The number of hydrogen-bond acceptors (Lipinski definition) is 3. The molecule has 0 spiro atoms. The monoisotopic (exact) mass is 210 g/mol. The quantitative estimate of drug-likeness (QED) is 0.699. The van der Waals surface area contributed by atoms with Crippen LogP contribution in [-0.4, -0.2) is 36.7 Å². The Morgan fingerprint density at radius 3 is 2.47 bits per heavy atom. The maximum atomic E-state index is 9.27. The number of hydrogen-bond donors (Lipinski definition) is 0. The van der Waals surface area contributed by atoms with Crippen LogP contribution in [0.3, 0.4) is 0 Å². The van der Waals surface area contributed by atoms with E-state index in [9.17, 15) is 5.26 Å². The molecule has 1 fully saturated rings. The first-order valence-electron chi connectivity index (χ1n) is 5.60. The average molecular weight is 210 g/mol. The van der Waals surface area contributed by atoms with Gasteiger partial charge in [0.2, 0.25) is 0 Å². The number of methoxy groups -OCH3 is 1. The smallest absolute Gasteiger partial charge is 0.103 e. The van der Waals surface area contributed by atoms with Gasteiger partial charge in [0.15, 0.2) is 0 Å². The van der Waals surface area contributed by atoms with Crippen LogP contribution in [0.5, 0.6) is 0 Å². The molecule has 1 aliphatic rings. The topological polar surface area (TPSA) is 36.3 Å². The van der Waals surface area contributed by atoms with E-state index in [1.54, 1.807) is 7.11 Å². The van der Waals surface area contributed by atoms with Gasteiger partial charge in [0.05, 0.1) is 12.2 Å². The summed E-state index contributed by atoms with van der Waals surface area (Å²) in [5, 5.41) is 9.27. The lowest BCUT2D eigenvalue weighted by Gasteiger charge is -2.47. The predicted molar refractivity (Wildman–Crippen MR) is 60.4 cm³/mol. The third kappa shape index (κ3) is 2.50. The van der Waals surface area contributed by atoms with Crippen molar-refractivity contribution >= 4 is 0 Å². The van der Waals surface area contributed by atoms with Crippen LogP contribution in [0.25, 0.3) is 0 Å². The van der Waals surface area contributed by atoms with Crippen molar-refractivity contribution in [2.24, 2.45) is 5.41 Å². The first kappa shape index (κ1) is 12.5. The van der Waals surface area contributed by atoms with E-state index >= 15 is 0 Å². The molecule has 1 rings (SSSR count). The van der Waals surface area contributed by atoms with Gasteiger partial charge in [-0.1, -0.05) is 13.8 Å². The minimum atomic E-state index is 0.00361. The standard InChI is InChI=1S/C12H22N2O/c1-9(2)14-8-10(15-5)6-12(3,4)11(14)7-13/h9-11H,6,8H2,1-5H3/t10-,11-/m0/s1. The van der Waals surface area contributed by atoms with Crippen LogP contribution in [-0.2, 0) is 4.74 Å². The Balaban J connectivity index is 2.89. The predicted octanol–water partition coefficient (Wildman–Crippen LogP) is 2.03. The minimum Gasteiger partial charge on any atom is -0.380 e. The molecule has 0 bridgehead atoms. The summed E-state index contributed by atoms with van der Waals surface area (Å²) in [7, 11) is 1.76. The van der Waals surface area contributed by atoms with Crippen molar-refractivity contribution in [2.45, 2.75) is 52.3 Å². The molecule has 15 heavy (non-hydrogen) atoms. The van der Waals surface area contributed by atoms with Crippen LogP contribution in [0.1, 0.15) is 34.1 Å². The molecule has 1 aliphatic heterocycles. The highest BCUT2D eigenvalue weighted by atomic mass is 16.5. The van der Waals surface area contributed by atoms with E-state index in [1.807, 2.05) is 0 Å². The Labute approximate surface area is 93.0 Å². The van der Waals surface area contributed by atoms with Crippen molar-refractivity contribution in [2.75, 3.05) is 13.7 Å². The molecular weight excluding hydrogens is 188 g/mol. The van der Waals surface area contributed by atoms with Crippen molar-refractivity contribution in [3.05, 3.63) is 0 Å². The van der Waals surface area contributed by atoms with E-state index in [-0.39, 0.29) is 17.6 Å². The molecule has 0 saturated carbocycles. The molecule has 0 N–H and O–H groups in total. The molecule has 2 atom stereocenters. The van der Waals surface area contributed by atoms with Crippen LogP contribution >= 0.6 is 0 Å². The molecule has 0 aliphatic carbocycles. The summed E-state index contributed by atoms with van der Waals surface area (Å²) < 4.78 is 5.45. The maximum Gasteiger partial charge on any atom is 0.103 e. The molecule has 1 heterocycles. The molecule has 0 aromatic carbocycles. The van der Waals surface area contributed by atoms with Gasteiger partial charge in [-0.05, 0) is 25.7 Å². The van der Waals surface area contributed by atoms with Crippen LogP contribution in [0.4, 0.5) is 0 Å². The lowest BCUT2D eigenvalue weighted by atomic mass is 9.75. The molecule has 0 unspecified atom stereocenters. The van der Waals surface area contributed by atoms with E-state index in [4.69, 9.17) is 4.74 Å².